The molecule has 2 aliphatic rings. The zero-order valence-corrected chi connectivity index (χ0v) is 13.0. The van der Waals surface area contributed by atoms with Crippen LogP contribution >= 0.6 is 0 Å². The van der Waals surface area contributed by atoms with E-state index in [9.17, 15) is 14.4 Å². The number of carbonyl (C=O) groups is 3. The van der Waals surface area contributed by atoms with Crippen LogP contribution in [0.3, 0.4) is 0 Å². The third kappa shape index (κ3) is 4.58. The maximum Gasteiger partial charge on any atom is 0.334 e. The van der Waals surface area contributed by atoms with Crippen LogP contribution in [0.25, 0.3) is 0 Å². The highest BCUT2D eigenvalue weighted by atomic mass is 16.6. The first-order valence-electron chi connectivity index (χ1n) is 7.79. The van der Waals surface area contributed by atoms with Gasteiger partial charge in [-0.25, -0.2) is 4.79 Å². The maximum atomic E-state index is 11.8. The van der Waals surface area contributed by atoms with Crippen LogP contribution in [0.4, 0.5) is 0 Å². The molecule has 6 heteroatoms. The lowest BCUT2D eigenvalue weighted by Crippen LogP contribution is -2.54. The minimum absolute atomic E-state index is 0.0270. The van der Waals surface area contributed by atoms with Gasteiger partial charge in [0.15, 0.2) is 0 Å². The molecule has 0 radical (unpaired) electrons. The second kappa shape index (κ2) is 7.42. The van der Waals surface area contributed by atoms with Gasteiger partial charge in [-0.05, 0) is 25.7 Å². The summed E-state index contributed by atoms with van der Waals surface area (Å²) >= 11 is 0. The summed E-state index contributed by atoms with van der Waals surface area (Å²) in [5.74, 6) is -1.05. The Morgan fingerprint density at radius 2 is 1.68 bits per heavy atom. The minimum Gasteiger partial charge on any atom is -0.462 e. The van der Waals surface area contributed by atoms with Crippen molar-refractivity contribution in [2.24, 2.45) is 0 Å². The van der Waals surface area contributed by atoms with Gasteiger partial charge in [-0.1, -0.05) is 13.0 Å². The lowest BCUT2D eigenvalue weighted by Gasteiger charge is -2.37. The summed E-state index contributed by atoms with van der Waals surface area (Å²) in [6.45, 7) is 5.88. The largest absolute Gasteiger partial charge is 0.462 e. The Morgan fingerprint density at radius 3 is 2.27 bits per heavy atom. The Balaban J connectivity index is 1.66. The van der Waals surface area contributed by atoms with Gasteiger partial charge in [0.05, 0.1) is 19.5 Å². The monoisotopic (exact) mass is 309 g/mol. The van der Waals surface area contributed by atoms with Crippen molar-refractivity contribution in [2.45, 2.75) is 57.7 Å². The standard InChI is InChI=1S/C16H23NO5/c1-11(8-15(19)21-13-6-4-3-5-7-13)16(20)22-14-9-17(10-14)12(2)18/h13-14H,1,3-10H2,2H3. The summed E-state index contributed by atoms with van der Waals surface area (Å²) in [5.41, 5.74) is 0.0992. The normalized spacial score (nSPS) is 19.2. The zero-order chi connectivity index (χ0) is 16.1. The quantitative estimate of drug-likeness (QED) is 0.569. The summed E-state index contributed by atoms with van der Waals surface area (Å²) in [5, 5.41) is 0. The molecule has 1 heterocycles. The van der Waals surface area contributed by atoms with Gasteiger partial charge in [0.25, 0.3) is 0 Å². The number of rotatable bonds is 5. The first-order chi connectivity index (χ1) is 10.5. The van der Waals surface area contributed by atoms with Gasteiger partial charge in [-0.15, -0.1) is 0 Å². The Bertz CT molecular complexity index is 461. The fourth-order valence-electron chi connectivity index (χ4n) is 2.66. The SMILES string of the molecule is C=C(CC(=O)OC1CCCCC1)C(=O)OC1CN(C(C)=O)C1. The molecule has 22 heavy (non-hydrogen) atoms. The number of esters is 2. The van der Waals surface area contributed by atoms with Crippen molar-refractivity contribution in [2.75, 3.05) is 13.1 Å². The first-order valence-corrected chi connectivity index (χ1v) is 7.79. The van der Waals surface area contributed by atoms with Crippen LogP contribution in [0.2, 0.25) is 0 Å². The fraction of sp³-hybridized carbons (Fsp3) is 0.688. The molecule has 0 bridgehead atoms. The lowest BCUT2D eigenvalue weighted by atomic mass is 9.98. The molecule has 0 spiro atoms. The minimum atomic E-state index is -0.589. The van der Waals surface area contributed by atoms with E-state index in [1.165, 1.54) is 13.3 Å². The van der Waals surface area contributed by atoms with Crippen molar-refractivity contribution in [1.29, 1.82) is 0 Å². The van der Waals surface area contributed by atoms with Crippen LogP contribution in [-0.4, -0.2) is 48.0 Å². The third-order valence-corrected chi connectivity index (χ3v) is 4.06. The molecular weight excluding hydrogens is 286 g/mol. The van der Waals surface area contributed by atoms with Crippen LogP contribution < -0.4 is 0 Å². The molecule has 2 fully saturated rings. The van der Waals surface area contributed by atoms with Crippen LogP contribution in [0.5, 0.6) is 0 Å². The van der Waals surface area contributed by atoms with E-state index in [1.54, 1.807) is 4.90 Å². The first kappa shape index (κ1) is 16.5. The van der Waals surface area contributed by atoms with E-state index in [0.717, 1.165) is 25.7 Å². The molecule has 1 amide bonds. The number of amides is 1. The molecule has 122 valence electrons. The highest BCUT2D eigenvalue weighted by Crippen LogP contribution is 2.21. The predicted molar refractivity (Wildman–Crippen MR) is 78.9 cm³/mol. The zero-order valence-electron chi connectivity index (χ0n) is 13.0. The summed E-state index contributed by atoms with van der Waals surface area (Å²) in [7, 11) is 0. The summed E-state index contributed by atoms with van der Waals surface area (Å²) in [4.78, 5) is 36.2. The smallest absolute Gasteiger partial charge is 0.334 e. The van der Waals surface area contributed by atoms with Crippen molar-refractivity contribution in [3.63, 3.8) is 0 Å². The van der Waals surface area contributed by atoms with Crippen molar-refractivity contribution in [1.82, 2.24) is 4.90 Å². The van der Waals surface area contributed by atoms with E-state index in [4.69, 9.17) is 9.47 Å². The summed E-state index contributed by atoms with van der Waals surface area (Å²) in [6, 6.07) is 0. The number of nitrogens with zero attached hydrogens (tertiary/aromatic N) is 1. The van der Waals surface area contributed by atoms with E-state index in [2.05, 4.69) is 6.58 Å². The number of hydrogen-bond donors (Lipinski definition) is 0. The Hall–Kier alpha value is -1.85. The van der Waals surface area contributed by atoms with E-state index in [1.807, 2.05) is 0 Å². The van der Waals surface area contributed by atoms with Gasteiger partial charge in [-0.3, -0.25) is 9.59 Å². The van der Waals surface area contributed by atoms with Crippen LogP contribution in [-0.2, 0) is 23.9 Å². The van der Waals surface area contributed by atoms with Crippen LogP contribution in [0, 0.1) is 0 Å². The van der Waals surface area contributed by atoms with Crippen molar-refractivity contribution < 1.29 is 23.9 Å². The van der Waals surface area contributed by atoms with Crippen LogP contribution in [0.1, 0.15) is 45.4 Å². The van der Waals surface area contributed by atoms with Gasteiger partial charge in [-0.2, -0.15) is 0 Å². The highest BCUT2D eigenvalue weighted by Gasteiger charge is 2.32. The molecule has 6 nitrogen and oxygen atoms in total. The van der Waals surface area contributed by atoms with Gasteiger partial charge in [0, 0.05) is 12.5 Å². The Kier molecular flexibility index (Phi) is 5.57. The molecule has 0 aromatic carbocycles. The number of hydrogen-bond acceptors (Lipinski definition) is 5. The molecular formula is C16H23NO5. The third-order valence-electron chi connectivity index (χ3n) is 4.06. The van der Waals surface area contributed by atoms with Gasteiger partial charge >= 0.3 is 11.9 Å². The second-order valence-corrected chi connectivity index (χ2v) is 5.98. The molecule has 2 rings (SSSR count). The predicted octanol–water partition coefficient (Wildman–Crippen LogP) is 1.58. The number of ether oxygens (including phenoxy) is 2. The van der Waals surface area contributed by atoms with Crippen molar-refractivity contribution >= 4 is 17.8 Å². The van der Waals surface area contributed by atoms with E-state index in [-0.39, 0.29) is 30.1 Å². The highest BCUT2D eigenvalue weighted by molar-refractivity contribution is 5.93. The van der Waals surface area contributed by atoms with E-state index < -0.39 is 11.9 Å². The second-order valence-electron chi connectivity index (χ2n) is 5.98. The Labute approximate surface area is 130 Å². The van der Waals surface area contributed by atoms with Crippen molar-refractivity contribution in [3.8, 4) is 0 Å². The molecule has 1 saturated carbocycles. The fourth-order valence-corrected chi connectivity index (χ4v) is 2.66. The molecule has 0 N–H and O–H groups in total. The molecule has 0 unspecified atom stereocenters. The van der Waals surface area contributed by atoms with Crippen LogP contribution in [0.15, 0.2) is 12.2 Å². The van der Waals surface area contributed by atoms with Gasteiger partial charge in [0.1, 0.15) is 12.2 Å². The average Bonchev–Trinajstić information content (AvgIpc) is 2.42. The molecule has 1 aliphatic heterocycles. The summed E-state index contributed by atoms with van der Waals surface area (Å²) < 4.78 is 10.5. The molecule has 0 aromatic rings. The molecule has 0 aromatic heterocycles. The topological polar surface area (TPSA) is 72.9 Å². The molecule has 1 saturated heterocycles. The van der Waals surface area contributed by atoms with E-state index >= 15 is 0 Å². The molecule has 1 aliphatic carbocycles. The lowest BCUT2D eigenvalue weighted by molar-refractivity contribution is -0.160. The summed E-state index contributed by atoms with van der Waals surface area (Å²) in [6.07, 6.45) is 4.66. The Morgan fingerprint density at radius 1 is 1.05 bits per heavy atom. The van der Waals surface area contributed by atoms with E-state index in [0.29, 0.717) is 13.1 Å². The van der Waals surface area contributed by atoms with Gasteiger partial charge < -0.3 is 14.4 Å². The van der Waals surface area contributed by atoms with Gasteiger partial charge in [0.2, 0.25) is 5.91 Å². The average molecular weight is 309 g/mol. The molecule has 0 atom stereocenters. The number of likely N-dealkylation sites (tertiary alicyclic amines) is 1. The number of carbonyl (C=O) groups excluding carboxylic acids is 3. The maximum absolute atomic E-state index is 11.8. The van der Waals surface area contributed by atoms with Crippen molar-refractivity contribution in [3.05, 3.63) is 12.2 Å².